The van der Waals surface area contributed by atoms with Crippen LogP contribution in [-0.2, 0) is 11.2 Å². The lowest BCUT2D eigenvalue weighted by Crippen LogP contribution is -2.52. The number of carbonyl (C=O) groups excluding carboxylic acids is 1. The van der Waals surface area contributed by atoms with Crippen LogP contribution in [0.3, 0.4) is 0 Å². The maximum Gasteiger partial charge on any atom is 0.263 e. The van der Waals surface area contributed by atoms with Gasteiger partial charge in [-0.1, -0.05) is 0 Å². The molecular formula is C15H19N3O3. The number of carbonyl (C=O) groups is 1. The summed E-state index contributed by atoms with van der Waals surface area (Å²) in [5.41, 5.74) is 0.678. The summed E-state index contributed by atoms with van der Waals surface area (Å²) in [4.78, 5) is 18.7. The summed E-state index contributed by atoms with van der Waals surface area (Å²) in [7, 11) is 0. The van der Waals surface area contributed by atoms with Crippen molar-refractivity contribution in [3.8, 4) is 11.7 Å². The van der Waals surface area contributed by atoms with Gasteiger partial charge in [-0.3, -0.25) is 4.79 Å². The molecule has 3 rings (SSSR count). The molecule has 1 aliphatic heterocycles. The largest absolute Gasteiger partial charge is 0.459 e. The summed E-state index contributed by atoms with van der Waals surface area (Å²) in [6, 6.07) is 3.78. The Morgan fingerprint density at radius 1 is 1.57 bits per heavy atom. The van der Waals surface area contributed by atoms with Crippen LogP contribution in [0.2, 0.25) is 0 Å². The van der Waals surface area contributed by atoms with Gasteiger partial charge in [-0.15, -0.1) is 0 Å². The van der Waals surface area contributed by atoms with Crippen molar-refractivity contribution in [3.05, 3.63) is 29.9 Å². The molecule has 0 radical (unpaired) electrons. The molecule has 2 aromatic rings. The van der Waals surface area contributed by atoms with Crippen molar-refractivity contribution in [3.63, 3.8) is 0 Å². The summed E-state index contributed by atoms with van der Waals surface area (Å²) < 4.78 is 10.9. The zero-order chi connectivity index (χ0) is 14.8. The van der Waals surface area contributed by atoms with Crippen LogP contribution in [0.4, 0.5) is 0 Å². The fraction of sp³-hybridized carbons (Fsp3) is 0.467. The van der Waals surface area contributed by atoms with Gasteiger partial charge in [0.25, 0.3) is 5.89 Å². The van der Waals surface area contributed by atoms with Crippen LogP contribution in [0.1, 0.15) is 18.4 Å². The third kappa shape index (κ3) is 2.85. The van der Waals surface area contributed by atoms with E-state index < -0.39 is 0 Å². The standard InChI is InChI=1S/C15H19N3O3/c1-10-9-16-5-6-18(10)14(19)8-12-11(2)21-15(17-12)13-4-3-7-20-13/h3-4,7,10,16H,5-6,8-9H2,1-2H3. The zero-order valence-electron chi connectivity index (χ0n) is 12.3. The van der Waals surface area contributed by atoms with Crippen molar-refractivity contribution in [1.29, 1.82) is 0 Å². The van der Waals surface area contributed by atoms with Gasteiger partial charge in [0.05, 0.1) is 18.4 Å². The average Bonchev–Trinajstić information content (AvgIpc) is 3.10. The normalized spacial score (nSPS) is 19.0. The predicted octanol–water partition coefficient (Wildman–Crippen LogP) is 1.61. The molecule has 1 N–H and O–H groups in total. The van der Waals surface area contributed by atoms with E-state index in [0.717, 1.165) is 19.6 Å². The monoisotopic (exact) mass is 289 g/mol. The van der Waals surface area contributed by atoms with Gasteiger partial charge in [0, 0.05) is 25.7 Å². The minimum atomic E-state index is 0.0893. The Kier molecular flexibility index (Phi) is 3.79. The van der Waals surface area contributed by atoms with Gasteiger partial charge >= 0.3 is 0 Å². The Bertz CT molecular complexity index is 618. The first kappa shape index (κ1) is 13.9. The highest BCUT2D eigenvalue weighted by Crippen LogP contribution is 2.22. The maximum atomic E-state index is 12.4. The third-order valence-electron chi connectivity index (χ3n) is 3.76. The Balaban J connectivity index is 1.74. The summed E-state index contributed by atoms with van der Waals surface area (Å²) in [5.74, 6) is 1.75. The fourth-order valence-corrected chi connectivity index (χ4v) is 2.55. The summed E-state index contributed by atoms with van der Waals surface area (Å²) in [6.07, 6.45) is 1.84. The van der Waals surface area contributed by atoms with Crippen LogP contribution in [0.5, 0.6) is 0 Å². The van der Waals surface area contributed by atoms with Gasteiger partial charge in [0.2, 0.25) is 5.91 Å². The van der Waals surface area contributed by atoms with E-state index in [0.29, 0.717) is 23.1 Å². The van der Waals surface area contributed by atoms with Crippen LogP contribution in [0.25, 0.3) is 11.7 Å². The van der Waals surface area contributed by atoms with E-state index in [2.05, 4.69) is 10.3 Å². The number of oxazole rings is 1. The lowest BCUT2D eigenvalue weighted by atomic mass is 10.1. The van der Waals surface area contributed by atoms with Crippen molar-refractivity contribution >= 4 is 5.91 Å². The second-order valence-corrected chi connectivity index (χ2v) is 5.32. The first-order valence-corrected chi connectivity index (χ1v) is 7.15. The van der Waals surface area contributed by atoms with Crippen LogP contribution in [0.15, 0.2) is 27.2 Å². The summed E-state index contributed by atoms with van der Waals surface area (Å²) in [6.45, 7) is 6.28. The SMILES string of the molecule is Cc1oc(-c2ccco2)nc1CC(=O)N1CCNCC1C. The van der Waals surface area contributed by atoms with E-state index in [-0.39, 0.29) is 18.4 Å². The molecule has 1 fully saturated rings. The minimum absolute atomic E-state index is 0.0893. The molecule has 21 heavy (non-hydrogen) atoms. The van der Waals surface area contributed by atoms with Gasteiger partial charge in [-0.05, 0) is 26.0 Å². The molecule has 0 aliphatic carbocycles. The second-order valence-electron chi connectivity index (χ2n) is 5.32. The lowest BCUT2D eigenvalue weighted by Gasteiger charge is -2.33. The lowest BCUT2D eigenvalue weighted by molar-refractivity contribution is -0.133. The molecule has 6 heteroatoms. The number of hydrogen-bond donors (Lipinski definition) is 1. The van der Waals surface area contributed by atoms with E-state index in [4.69, 9.17) is 8.83 Å². The fourth-order valence-electron chi connectivity index (χ4n) is 2.55. The number of furan rings is 1. The molecule has 0 saturated carbocycles. The van der Waals surface area contributed by atoms with Crippen LogP contribution < -0.4 is 5.32 Å². The topological polar surface area (TPSA) is 71.5 Å². The highest BCUT2D eigenvalue weighted by molar-refractivity contribution is 5.79. The van der Waals surface area contributed by atoms with E-state index in [1.807, 2.05) is 18.7 Å². The summed E-state index contributed by atoms with van der Waals surface area (Å²) in [5, 5.41) is 3.28. The average molecular weight is 289 g/mol. The number of rotatable bonds is 3. The first-order chi connectivity index (χ1) is 10.1. The van der Waals surface area contributed by atoms with Crippen LogP contribution in [-0.4, -0.2) is 41.5 Å². The maximum absolute atomic E-state index is 12.4. The van der Waals surface area contributed by atoms with E-state index in [1.54, 1.807) is 18.4 Å². The van der Waals surface area contributed by atoms with Gasteiger partial charge in [-0.25, -0.2) is 4.98 Å². The molecule has 112 valence electrons. The van der Waals surface area contributed by atoms with Crippen molar-refractivity contribution in [2.45, 2.75) is 26.3 Å². The molecule has 0 aromatic carbocycles. The number of aryl methyl sites for hydroxylation is 1. The van der Waals surface area contributed by atoms with Crippen molar-refractivity contribution < 1.29 is 13.6 Å². The Labute approximate surface area is 123 Å². The van der Waals surface area contributed by atoms with Gasteiger partial charge < -0.3 is 19.1 Å². The predicted molar refractivity (Wildman–Crippen MR) is 76.7 cm³/mol. The van der Waals surface area contributed by atoms with Gasteiger partial charge in [0.1, 0.15) is 5.76 Å². The van der Waals surface area contributed by atoms with E-state index in [9.17, 15) is 4.79 Å². The molecule has 3 heterocycles. The molecule has 1 amide bonds. The third-order valence-corrected chi connectivity index (χ3v) is 3.76. The van der Waals surface area contributed by atoms with Crippen molar-refractivity contribution in [2.24, 2.45) is 0 Å². The Morgan fingerprint density at radius 2 is 2.43 bits per heavy atom. The number of amides is 1. The van der Waals surface area contributed by atoms with Crippen LogP contribution >= 0.6 is 0 Å². The first-order valence-electron chi connectivity index (χ1n) is 7.15. The summed E-state index contributed by atoms with van der Waals surface area (Å²) >= 11 is 0. The van der Waals surface area contributed by atoms with Gasteiger partial charge in [0.15, 0.2) is 5.76 Å². The van der Waals surface area contributed by atoms with Crippen molar-refractivity contribution in [2.75, 3.05) is 19.6 Å². The van der Waals surface area contributed by atoms with E-state index in [1.165, 1.54) is 0 Å². The molecule has 1 saturated heterocycles. The highest BCUT2D eigenvalue weighted by atomic mass is 16.4. The van der Waals surface area contributed by atoms with Gasteiger partial charge in [-0.2, -0.15) is 0 Å². The number of aromatic nitrogens is 1. The Hall–Kier alpha value is -2.08. The molecular weight excluding hydrogens is 270 g/mol. The number of nitrogens with one attached hydrogen (secondary N) is 1. The number of hydrogen-bond acceptors (Lipinski definition) is 5. The molecule has 2 aromatic heterocycles. The quantitative estimate of drug-likeness (QED) is 0.929. The number of nitrogens with zero attached hydrogens (tertiary/aromatic N) is 2. The van der Waals surface area contributed by atoms with Crippen molar-refractivity contribution in [1.82, 2.24) is 15.2 Å². The second kappa shape index (κ2) is 5.73. The van der Waals surface area contributed by atoms with Crippen LogP contribution in [0, 0.1) is 6.92 Å². The number of piperazine rings is 1. The molecule has 1 aliphatic rings. The zero-order valence-corrected chi connectivity index (χ0v) is 12.3. The molecule has 0 spiro atoms. The Morgan fingerprint density at radius 3 is 3.14 bits per heavy atom. The highest BCUT2D eigenvalue weighted by Gasteiger charge is 2.25. The van der Waals surface area contributed by atoms with E-state index >= 15 is 0 Å². The molecule has 6 nitrogen and oxygen atoms in total. The molecule has 1 atom stereocenters. The smallest absolute Gasteiger partial charge is 0.263 e. The molecule has 0 bridgehead atoms. The minimum Gasteiger partial charge on any atom is -0.459 e. The molecule has 1 unspecified atom stereocenters.